The van der Waals surface area contributed by atoms with E-state index in [0.717, 1.165) is 17.1 Å². The first-order valence-corrected chi connectivity index (χ1v) is 8.15. The molecule has 6 nitrogen and oxygen atoms in total. The van der Waals surface area contributed by atoms with Crippen molar-refractivity contribution in [1.82, 2.24) is 0 Å². The second-order valence-electron chi connectivity index (χ2n) is 6.06. The summed E-state index contributed by atoms with van der Waals surface area (Å²) in [7, 11) is 0. The molecule has 1 aliphatic rings. The summed E-state index contributed by atoms with van der Waals surface area (Å²) >= 11 is 0. The highest BCUT2D eigenvalue weighted by Crippen LogP contribution is 2.31. The first kappa shape index (κ1) is 19.3. The topological polar surface area (TPSA) is 78.8 Å². The molecule has 0 saturated heterocycles. The number of nitrogens with zero attached hydrogens (tertiary/aromatic N) is 2. The Hall–Kier alpha value is -3.49. The van der Waals surface area contributed by atoms with Gasteiger partial charge in [-0.2, -0.15) is 23.3 Å². The molecule has 3 rings (SSSR count). The number of anilines is 2. The number of ketones is 1. The minimum atomic E-state index is -4.59. The number of hydrogen-bond acceptors (Lipinski definition) is 4. The van der Waals surface area contributed by atoms with Crippen LogP contribution in [0.15, 0.2) is 59.7 Å². The van der Waals surface area contributed by atoms with Crippen molar-refractivity contribution in [3.8, 4) is 0 Å². The van der Waals surface area contributed by atoms with Crippen LogP contribution in [-0.4, -0.2) is 23.3 Å². The number of nitrogens with one attached hydrogen (secondary N) is 1. The van der Waals surface area contributed by atoms with E-state index < -0.39 is 35.3 Å². The fraction of sp³-hybridized carbons (Fsp3) is 0.158. The normalized spacial score (nSPS) is 16.7. The van der Waals surface area contributed by atoms with Crippen molar-refractivity contribution >= 4 is 34.7 Å². The molecule has 1 atom stereocenters. The van der Waals surface area contributed by atoms with Gasteiger partial charge in [0.25, 0.3) is 11.8 Å². The van der Waals surface area contributed by atoms with Gasteiger partial charge in [-0.05, 0) is 37.3 Å². The monoisotopic (exact) mass is 389 g/mol. The highest BCUT2D eigenvalue weighted by atomic mass is 19.4. The molecule has 0 spiro atoms. The van der Waals surface area contributed by atoms with E-state index in [-0.39, 0.29) is 11.4 Å². The number of halogens is 3. The molecule has 9 heteroatoms. The Morgan fingerprint density at radius 3 is 2.39 bits per heavy atom. The Balaban J connectivity index is 1.76. The van der Waals surface area contributed by atoms with E-state index in [9.17, 15) is 27.6 Å². The van der Waals surface area contributed by atoms with Gasteiger partial charge in [0.1, 0.15) is 5.92 Å². The summed E-state index contributed by atoms with van der Waals surface area (Å²) in [5.74, 6) is -4.41. The number of hydrazone groups is 1. The lowest BCUT2D eigenvalue weighted by Crippen LogP contribution is -2.39. The Morgan fingerprint density at radius 1 is 1.07 bits per heavy atom. The van der Waals surface area contributed by atoms with E-state index in [1.54, 1.807) is 30.3 Å². The van der Waals surface area contributed by atoms with Crippen molar-refractivity contribution in [2.75, 3.05) is 10.3 Å². The number of alkyl halides is 3. The third-order valence-electron chi connectivity index (χ3n) is 4.07. The zero-order chi connectivity index (χ0) is 20.5. The molecule has 0 fully saturated rings. The summed E-state index contributed by atoms with van der Waals surface area (Å²) in [6.45, 7) is 1.43. The van der Waals surface area contributed by atoms with Crippen LogP contribution in [0, 0.1) is 5.92 Å². The SMILES string of the molecule is CC1=NN(c2ccccc2)C(=O)[C@@H]1C(=O)C(=O)Nc1cccc(C(F)(F)F)c1. The van der Waals surface area contributed by atoms with Crippen LogP contribution in [0.1, 0.15) is 12.5 Å². The van der Waals surface area contributed by atoms with Gasteiger partial charge in [0.15, 0.2) is 0 Å². The molecule has 2 amide bonds. The van der Waals surface area contributed by atoms with Crippen molar-refractivity contribution in [2.45, 2.75) is 13.1 Å². The number of Topliss-reactive ketones (excluding diaryl/α,β-unsaturated/α-hetero) is 1. The molecular weight excluding hydrogens is 375 g/mol. The third-order valence-corrected chi connectivity index (χ3v) is 4.07. The lowest BCUT2D eigenvalue weighted by molar-refractivity contribution is -0.138. The number of carbonyl (C=O) groups is 3. The van der Waals surface area contributed by atoms with Gasteiger partial charge in [0, 0.05) is 5.69 Å². The summed E-state index contributed by atoms with van der Waals surface area (Å²) in [4.78, 5) is 37.3. The minimum absolute atomic E-state index is 0.123. The highest BCUT2D eigenvalue weighted by Gasteiger charge is 2.42. The van der Waals surface area contributed by atoms with Crippen LogP contribution in [0.3, 0.4) is 0 Å². The summed E-state index contributed by atoms with van der Waals surface area (Å²) in [6, 6.07) is 12.2. The molecule has 2 aromatic rings. The van der Waals surface area contributed by atoms with Crippen molar-refractivity contribution in [3.63, 3.8) is 0 Å². The number of carbonyl (C=O) groups excluding carboxylic acids is 3. The molecule has 0 saturated carbocycles. The maximum Gasteiger partial charge on any atom is 0.416 e. The van der Waals surface area contributed by atoms with E-state index in [2.05, 4.69) is 10.4 Å². The lowest BCUT2D eigenvalue weighted by atomic mass is 9.98. The van der Waals surface area contributed by atoms with E-state index >= 15 is 0 Å². The molecule has 144 valence electrons. The van der Waals surface area contributed by atoms with Crippen molar-refractivity contribution in [3.05, 3.63) is 60.2 Å². The largest absolute Gasteiger partial charge is 0.416 e. The molecule has 1 N–H and O–H groups in total. The third kappa shape index (κ3) is 3.78. The van der Waals surface area contributed by atoms with Gasteiger partial charge in [0.05, 0.1) is 17.0 Å². The molecule has 0 bridgehead atoms. The number of amides is 2. The summed E-state index contributed by atoms with van der Waals surface area (Å²) in [6.07, 6.45) is -4.59. The van der Waals surface area contributed by atoms with E-state index in [1.165, 1.54) is 13.0 Å². The Kier molecular flexibility index (Phi) is 5.00. The van der Waals surface area contributed by atoms with Gasteiger partial charge < -0.3 is 5.32 Å². The number of rotatable bonds is 4. The van der Waals surface area contributed by atoms with E-state index in [0.29, 0.717) is 11.8 Å². The van der Waals surface area contributed by atoms with Crippen LogP contribution in [0.2, 0.25) is 0 Å². The lowest BCUT2D eigenvalue weighted by Gasteiger charge is -2.14. The minimum Gasteiger partial charge on any atom is -0.319 e. The predicted molar refractivity (Wildman–Crippen MR) is 95.6 cm³/mol. The van der Waals surface area contributed by atoms with Crippen LogP contribution in [0.25, 0.3) is 0 Å². The maximum atomic E-state index is 12.8. The second kappa shape index (κ2) is 7.26. The summed E-state index contributed by atoms with van der Waals surface area (Å²) < 4.78 is 38.3. The number of benzene rings is 2. The zero-order valence-electron chi connectivity index (χ0n) is 14.5. The molecule has 0 radical (unpaired) electrons. The Bertz CT molecular complexity index is 971. The molecule has 0 aliphatic carbocycles. The molecular formula is C19H14F3N3O3. The highest BCUT2D eigenvalue weighted by molar-refractivity contribution is 6.50. The maximum absolute atomic E-state index is 12.8. The second-order valence-corrected chi connectivity index (χ2v) is 6.06. The molecule has 28 heavy (non-hydrogen) atoms. The van der Waals surface area contributed by atoms with E-state index in [4.69, 9.17) is 0 Å². The molecule has 0 unspecified atom stereocenters. The van der Waals surface area contributed by atoms with Crippen LogP contribution >= 0.6 is 0 Å². The first-order chi connectivity index (χ1) is 13.2. The van der Waals surface area contributed by atoms with Gasteiger partial charge in [-0.25, -0.2) is 0 Å². The van der Waals surface area contributed by atoms with Crippen molar-refractivity contribution < 1.29 is 27.6 Å². The van der Waals surface area contributed by atoms with E-state index in [1.807, 2.05) is 0 Å². The summed E-state index contributed by atoms with van der Waals surface area (Å²) in [5.41, 5.74) is -0.616. The molecule has 1 aliphatic heterocycles. The van der Waals surface area contributed by atoms with Gasteiger partial charge in [-0.3, -0.25) is 14.4 Å². The molecule has 2 aromatic carbocycles. The number of para-hydroxylation sites is 1. The first-order valence-electron chi connectivity index (χ1n) is 8.15. The van der Waals surface area contributed by atoms with Crippen LogP contribution in [0.5, 0.6) is 0 Å². The van der Waals surface area contributed by atoms with Gasteiger partial charge in [0.2, 0.25) is 5.78 Å². The zero-order valence-corrected chi connectivity index (χ0v) is 14.5. The van der Waals surface area contributed by atoms with Crippen LogP contribution < -0.4 is 10.3 Å². The van der Waals surface area contributed by atoms with Crippen molar-refractivity contribution in [2.24, 2.45) is 11.0 Å². The average molecular weight is 389 g/mol. The quantitative estimate of drug-likeness (QED) is 0.644. The summed E-state index contributed by atoms with van der Waals surface area (Å²) in [5, 5.41) is 7.16. The molecule has 0 aromatic heterocycles. The Labute approximate surface area is 157 Å². The van der Waals surface area contributed by atoms with Crippen LogP contribution in [-0.2, 0) is 20.6 Å². The number of hydrogen-bond donors (Lipinski definition) is 1. The van der Waals surface area contributed by atoms with Gasteiger partial charge in [-0.15, -0.1) is 0 Å². The van der Waals surface area contributed by atoms with Crippen LogP contribution in [0.4, 0.5) is 24.5 Å². The fourth-order valence-electron chi connectivity index (χ4n) is 2.72. The molecule has 1 heterocycles. The fourth-order valence-corrected chi connectivity index (χ4v) is 2.72. The van der Waals surface area contributed by atoms with Gasteiger partial charge >= 0.3 is 6.18 Å². The predicted octanol–water partition coefficient (Wildman–Crippen LogP) is 3.25. The van der Waals surface area contributed by atoms with Gasteiger partial charge in [-0.1, -0.05) is 24.3 Å². The van der Waals surface area contributed by atoms with Crippen molar-refractivity contribution in [1.29, 1.82) is 0 Å². The smallest absolute Gasteiger partial charge is 0.319 e. The standard InChI is InChI=1S/C19H14F3N3O3/c1-11-15(18(28)25(24-11)14-8-3-2-4-9-14)16(26)17(27)23-13-7-5-6-12(10-13)19(20,21)22/h2-10,15H,1H3,(H,23,27)/t15-/m0/s1. The Morgan fingerprint density at radius 2 is 1.75 bits per heavy atom. The average Bonchev–Trinajstić information content (AvgIpc) is 2.95.